The minimum Gasteiger partial charge on any atom is -0.409 e. The molecule has 0 aliphatic carbocycles. The summed E-state index contributed by atoms with van der Waals surface area (Å²) < 4.78 is 0. The topological polar surface area (TPSA) is 61.8 Å². The van der Waals surface area contributed by atoms with Crippen molar-refractivity contribution < 1.29 is 5.21 Å². The molecule has 0 aliphatic rings. The standard InChI is InChI=1S/C12H17Cl2N3O/c1-8(2)17(7-12(15)16-18)6-9-5-10(13)3-4-11(9)14/h3-5,8,18H,6-7H2,1-2H3,(H2,15,16). The fraction of sp³-hybridized carbons (Fsp3) is 0.417. The minimum atomic E-state index is 0.168. The molecule has 0 bridgehead atoms. The third kappa shape index (κ3) is 4.37. The Kier molecular flexibility index (Phi) is 5.72. The van der Waals surface area contributed by atoms with E-state index in [4.69, 9.17) is 34.1 Å². The molecule has 4 nitrogen and oxygen atoms in total. The largest absolute Gasteiger partial charge is 0.409 e. The zero-order chi connectivity index (χ0) is 13.7. The summed E-state index contributed by atoms with van der Waals surface area (Å²) in [5.74, 6) is 0.168. The quantitative estimate of drug-likeness (QED) is 0.379. The number of hydrogen-bond acceptors (Lipinski definition) is 3. The Labute approximate surface area is 117 Å². The van der Waals surface area contributed by atoms with Crippen LogP contribution in [0.25, 0.3) is 0 Å². The van der Waals surface area contributed by atoms with Gasteiger partial charge in [0.25, 0.3) is 0 Å². The molecule has 0 amide bonds. The minimum absolute atomic E-state index is 0.168. The van der Waals surface area contributed by atoms with E-state index in [1.165, 1.54) is 0 Å². The van der Waals surface area contributed by atoms with Crippen LogP contribution < -0.4 is 5.73 Å². The molecule has 100 valence electrons. The van der Waals surface area contributed by atoms with Gasteiger partial charge in [-0.25, -0.2) is 0 Å². The molecule has 0 radical (unpaired) electrons. The van der Waals surface area contributed by atoms with Crippen LogP contribution in [0.2, 0.25) is 10.0 Å². The fourth-order valence-electron chi connectivity index (χ4n) is 1.54. The first-order chi connectivity index (χ1) is 8.43. The molecule has 6 heteroatoms. The van der Waals surface area contributed by atoms with E-state index < -0.39 is 0 Å². The van der Waals surface area contributed by atoms with E-state index >= 15 is 0 Å². The van der Waals surface area contributed by atoms with E-state index in [-0.39, 0.29) is 11.9 Å². The number of oxime groups is 1. The predicted molar refractivity (Wildman–Crippen MR) is 75.4 cm³/mol. The zero-order valence-corrected chi connectivity index (χ0v) is 11.9. The number of amidine groups is 1. The maximum atomic E-state index is 8.62. The Bertz CT molecular complexity index is 435. The molecular formula is C12H17Cl2N3O. The van der Waals surface area contributed by atoms with E-state index in [1.807, 2.05) is 24.8 Å². The van der Waals surface area contributed by atoms with Gasteiger partial charge in [-0.05, 0) is 37.6 Å². The highest BCUT2D eigenvalue weighted by Crippen LogP contribution is 2.22. The van der Waals surface area contributed by atoms with Gasteiger partial charge in [0.2, 0.25) is 0 Å². The molecule has 0 spiro atoms. The van der Waals surface area contributed by atoms with Crippen LogP contribution in [0.5, 0.6) is 0 Å². The van der Waals surface area contributed by atoms with Crippen molar-refractivity contribution >= 4 is 29.0 Å². The van der Waals surface area contributed by atoms with Gasteiger partial charge >= 0.3 is 0 Å². The van der Waals surface area contributed by atoms with E-state index in [2.05, 4.69) is 5.16 Å². The fourth-order valence-corrected chi connectivity index (χ4v) is 1.92. The van der Waals surface area contributed by atoms with Crippen molar-refractivity contribution in [3.8, 4) is 0 Å². The van der Waals surface area contributed by atoms with Gasteiger partial charge in [0, 0.05) is 22.6 Å². The van der Waals surface area contributed by atoms with E-state index in [1.54, 1.807) is 12.1 Å². The zero-order valence-electron chi connectivity index (χ0n) is 10.4. The summed E-state index contributed by atoms with van der Waals surface area (Å²) in [6.07, 6.45) is 0. The summed E-state index contributed by atoms with van der Waals surface area (Å²) in [5.41, 5.74) is 6.45. The number of benzene rings is 1. The first-order valence-electron chi connectivity index (χ1n) is 5.58. The summed E-state index contributed by atoms with van der Waals surface area (Å²) in [5, 5.41) is 12.9. The lowest BCUT2D eigenvalue weighted by Crippen LogP contribution is -2.38. The molecule has 3 N–H and O–H groups in total. The van der Waals surface area contributed by atoms with Gasteiger partial charge in [-0.15, -0.1) is 0 Å². The number of hydrogen-bond donors (Lipinski definition) is 2. The molecular weight excluding hydrogens is 273 g/mol. The second-order valence-electron chi connectivity index (χ2n) is 4.33. The Morgan fingerprint density at radius 2 is 2.11 bits per heavy atom. The maximum Gasteiger partial charge on any atom is 0.153 e. The van der Waals surface area contributed by atoms with Gasteiger partial charge in [-0.3, -0.25) is 4.90 Å². The second-order valence-corrected chi connectivity index (χ2v) is 5.17. The van der Waals surface area contributed by atoms with Crippen LogP contribution in [0, 0.1) is 0 Å². The number of nitrogens with two attached hydrogens (primary N) is 1. The lowest BCUT2D eigenvalue weighted by molar-refractivity contribution is 0.238. The van der Waals surface area contributed by atoms with Gasteiger partial charge in [-0.2, -0.15) is 0 Å². The van der Waals surface area contributed by atoms with Gasteiger partial charge in [0.15, 0.2) is 5.84 Å². The summed E-state index contributed by atoms with van der Waals surface area (Å²) in [6, 6.07) is 5.57. The van der Waals surface area contributed by atoms with E-state index in [0.717, 1.165) is 5.56 Å². The molecule has 0 aromatic heterocycles. The highest BCUT2D eigenvalue weighted by atomic mass is 35.5. The van der Waals surface area contributed by atoms with Crippen molar-refractivity contribution in [3.05, 3.63) is 33.8 Å². The molecule has 0 aliphatic heterocycles. The molecule has 1 aromatic rings. The third-order valence-corrected chi connectivity index (χ3v) is 3.21. The molecule has 1 rings (SSSR count). The Hall–Kier alpha value is -0.970. The summed E-state index contributed by atoms with van der Waals surface area (Å²) in [7, 11) is 0. The predicted octanol–water partition coefficient (Wildman–Crippen LogP) is 2.95. The molecule has 0 heterocycles. The van der Waals surface area contributed by atoms with Crippen LogP contribution in [0.1, 0.15) is 19.4 Å². The number of halogens is 2. The van der Waals surface area contributed by atoms with Crippen molar-refractivity contribution in [3.63, 3.8) is 0 Å². The van der Waals surface area contributed by atoms with Crippen LogP contribution in [0.4, 0.5) is 0 Å². The van der Waals surface area contributed by atoms with Crippen molar-refractivity contribution in [1.82, 2.24) is 4.90 Å². The van der Waals surface area contributed by atoms with Crippen molar-refractivity contribution in [2.24, 2.45) is 10.9 Å². The molecule has 18 heavy (non-hydrogen) atoms. The highest BCUT2D eigenvalue weighted by Gasteiger charge is 2.14. The van der Waals surface area contributed by atoms with Crippen molar-refractivity contribution in [2.45, 2.75) is 26.4 Å². The van der Waals surface area contributed by atoms with Crippen LogP contribution >= 0.6 is 23.2 Å². The van der Waals surface area contributed by atoms with Crippen LogP contribution in [0.3, 0.4) is 0 Å². The highest BCUT2D eigenvalue weighted by molar-refractivity contribution is 6.33. The molecule has 0 saturated carbocycles. The maximum absolute atomic E-state index is 8.62. The summed E-state index contributed by atoms with van der Waals surface area (Å²) in [6.45, 7) is 5.02. The third-order valence-electron chi connectivity index (χ3n) is 2.61. The lowest BCUT2D eigenvalue weighted by Gasteiger charge is -2.26. The lowest BCUT2D eigenvalue weighted by atomic mass is 10.2. The van der Waals surface area contributed by atoms with Crippen molar-refractivity contribution in [1.29, 1.82) is 0 Å². The molecule has 0 fully saturated rings. The molecule has 0 unspecified atom stereocenters. The van der Waals surface area contributed by atoms with Gasteiger partial charge < -0.3 is 10.9 Å². The normalized spacial score (nSPS) is 12.4. The number of nitrogens with zero attached hydrogens (tertiary/aromatic N) is 2. The smallest absolute Gasteiger partial charge is 0.153 e. The molecule has 1 aromatic carbocycles. The van der Waals surface area contributed by atoms with E-state index in [0.29, 0.717) is 23.1 Å². The number of rotatable bonds is 5. The summed E-state index contributed by atoms with van der Waals surface area (Å²) >= 11 is 12.1. The Morgan fingerprint density at radius 1 is 1.44 bits per heavy atom. The van der Waals surface area contributed by atoms with E-state index in [9.17, 15) is 0 Å². The van der Waals surface area contributed by atoms with Crippen LogP contribution in [0.15, 0.2) is 23.4 Å². The average Bonchev–Trinajstić information content (AvgIpc) is 2.32. The van der Waals surface area contributed by atoms with Gasteiger partial charge in [0.05, 0.1) is 6.54 Å². The van der Waals surface area contributed by atoms with Crippen LogP contribution in [-0.4, -0.2) is 28.5 Å². The molecule has 0 atom stereocenters. The SMILES string of the molecule is CC(C)N(CC(N)=NO)Cc1cc(Cl)ccc1Cl. The van der Waals surface area contributed by atoms with Gasteiger partial charge in [-0.1, -0.05) is 28.4 Å². The first-order valence-corrected chi connectivity index (χ1v) is 6.34. The Morgan fingerprint density at radius 3 is 2.67 bits per heavy atom. The molecule has 0 saturated heterocycles. The second kappa shape index (κ2) is 6.83. The van der Waals surface area contributed by atoms with Gasteiger partial charge in [0.1, 0.15) is 0 Å². The van der Waals surface area contributed by atoms with Crippen LogP contribution in [-0.2, 0) is 6.54 Å². The average molecular weight is 290 g/mol. The summed E-state index contributed by atoms with van der Waals surface area (Å²) in [4.78, 5) is 2.03. The monoisotopic (exact) mass is 289 g/mol. The van der Waals surface area contributed by atoms with Crippen molar-refractivity contribution in [2.75, 3.05) is 6.54 Å². The Balaban J connectivity index is 2.86. The first kappa shape index (κ1) is 15.1.